The first-order valence-electron chi connectivity index (χ1n) is 13.4. The Kier molecular flexibility index (Phi) is 19.4. The quantitative estimate of drug-likeness (QED) is 0.0736. The number of unbranched alkanes of at least 4 members (excludes halogenated alkanes) is 14. The summed E-state index contributed by atoms with van der Waals surface area (Å²) in [6.45, 7) is 8.30. The maximum absolute atomic E-state index is 15.3. The summed E-state index contributed by atoms with van der Waals surface area (Å²) in [5.74, 6) is 0. The van der Waals surface area contributed by atoms with Crippen molar-refractivity contribution in [1.29, 1.82) is 0 Å². The molecular weight excluding hydrogens is 406 g/mol. The molecule has 0 spiro atoms. The van der Waals surface area contributed by atoms with Crippen LogP contribution in [0.1, 0.15) is 130 Å². The molecule has 0 heterocycles. The van der Waals surface area contributed by atoms with Crippen molar-refractivity contribution in [3.63, 3.8) is 0 Å². The van der Waals surface area contributed by atoms with Gasteiger partial charge in [-0.25, -0.2) is 0 Å². The van der Waals surface area contributed by atoms with Crippen LogP contribution >= 0.6 is 0 Å². The van der Waals surface area contributed by atoms with Crippen molar-refractivity contribution in [2.75, 3.05) is 0 Å². The van der Waals surface area contributed by atoms with Crippen LogP contribution in [0.15, 0.2) is 0 Å². The summed E-state index contributed by atoms with van der Waals surface area (Å²) < 4.78 is 30.5. The fourth-order valence-corrected chi connectivity index (χ4v) is 8.68. The summed E-state index contributed by atoms with van der Waals surface area (Å²) in [6.07, 6.45) is 19.5. The van der Waals surface area contributed by atoms with Gasteiger partial charge >= 0.3 is 16.8 Å². The lowest BCUT2D eigenvalue weighted by Crippen LogP contribution is -2.30. The van der Waals surface area contributed by atoms with E-state index in [4.69, 9.17) is 0 Å². The molecule has 0 aromatic rings. The van der Waals surface area contributed by atoms with Crippen LogP contribution in [0.5, 0.6) is 0 Å². The van der Waals surface area contributed by atoms with E-state index >= 15 is 8.22 Å². The maximum Gasteiger partial charge on any atom is 0.322 e. The molecule has 0 N–H and O–H groups in total. The van der Waals surface area contributed by atoms with Gasteiger partial charge in [-0.05, 0) is 24.2 Å². The van der Waals surface area contributed by atoms with Gasteiger partial charge in [0.1, 0.15) is 0 Å². The Morgan fingerprint density at radius 1 is 0.433 bits per heavy atom. The first kappa shape index (κ1) is 29.9. The molecule has 0 bridgehead atoms. The molecule has 0 rings (SSSR count). The van der Waals surface area contributed by atoms with E-state index in [-0.39, 0.29) is 0 Å². The normalized spacial score (nSPS) is 15.3. The van der Waals surface area contributed by atoms with Gasteiger partial charge in [0, 0.05) is 0 Å². The molecule has 0 aliphatic carbocycles. The number of rotatable bonds is 20. The lowest BCUT2D eigenvalue weighted by Gasteiger charge is -2.17. The lowest BCUT2D eigenvalue weighted by molar-refractivity contribution is 0.580. The van der Waals surface area contributed by atoms with Gasteiger partial charge in [0.25, 0.3) is 0 Å². The van der Waals surface area contributed by atoms with E-state index < -0.39 is 16.8 Å². The molecule has 0 amide bonds. The molecule has 0 saturated carbocycles. The molecule has 0 aliphatic rings. The zero-order valence-electron chi connectivity index (χ0n) is 20.9. The second-order valence-corrected chi connectivity index (χ2v) is 16.1. The highest BCUT2D eigenvalue weighted by atomic mass is 28.4. The van der Waals surface area contributed by atoms with Crippen LogP contribution in [0, 0.1) is 11.1 Å². The van der Waals surface area contributed by atoms with Crippen LogP contribution < -0.4 is 0 Å². The second kappa shape index (κ2) is 19.5. The SMILES string of the molecule is CCCCCCCCCC[Si](F)(C#C[Si](F)(CC)CCCCCCCCCC)CC. The molecule has 4 heteroatoms. The molecule has 0 nitrogen and oxygen atoms in total. The molecule has 0 fully saturated rings. The molecule has 0 aromatic heterocycles. The lowest BCUT2D eigenvalue weighted by atomic mass is 10.1. The minimum absolute atomic E-state index is 0.516. The molecule has 0 aromatic carbocycles. The monoisotopic (exact) mass is 458 g/mol. The fraction of sp³-hybridized carbons (Fsp3) is 0.923. The summed E-state index contributed by atoms with van der Waals surface area (Å²) in [4.78, 5) is 0. The molecule has 0 radical (unpaired) electrons. The third-order valence-corrected chi connectivity index (χ3v) is 12.4. The van der Waals surface area contributed by atoms with Crippen LogP contribution in [0.4, 0.5) is 8.22 Å². The van der Waals surface area contributed by atoms with E-state index in [0.717, 1.165) is 25.7 Å². The Balaban J connectivity index is 4.23. The summed E-state index contributed by atoms with van der Waals surface area (Å²) in [7, 11) is -6.14. The van der Waals surface area contributed by atoms with Crippen molar-refractivity contribution in [2.24, 2.45) is 0 Å². The third kappa shape index (κ3) is 16.5. The Bertz CT molecular complexity index is 408. The summed E-state index contributed by atoms with van der Waals surface area (Å²) in [5, 5.41) is 0. The predicted molar refractivity (Wildman–Crippen MR) is 137 cm³/mol. The van der Waals surface area contributed by atoms with Crippen molar-refractivity contribution in [3.8, 4) is 11.1 Å². The van der Waals surface area contributed by atoms with Gasteiger partial charge in [-0.2, -0.15) is 0 Å². The number of hydrogen-bond donors (Lipinski definition) is 0. The summed E-state index contributed by atoms with van der Waals surface area (Å²) >= 11 is 0. The number of halogens is 2. The van der Waals surface area contributed by atoms with Crippen LogP contribution in [0.2, 0.25) is 24.2 Å². The van der Waals surface area contributed by atoms with Gasteiger partial charge in [0.05, 0.1) is 0 Å². The third-order valence-electron chi connectivity index (χ3n) is 6.48. The van der Waals surface area contributed by atoms with Crippen LogP contribution in [-0.2, 0) is 0 Å². The van der Waals surface area contributed by atoms with Crippen molar-refractivity contribution in [3.05, 3.63) is 0 Å². The van der Waals surface area contributed by atoms with E-state index in [1.165, 1.54) is 77.0 Å². The second-order valence-electron chi connectivity index (χ2n) is 9.34. The molecule has 0 aliphatic heterocycles. The Morgan fingerprint density at radius 2 is 0.700 bits per heavy atom. The van der Waals surface area contributed by atoms with E-state index in [1.807, 2.05) is 13.8 Å². The maximum atomic E-state index is 15.3. The van der Waals surface area contributed by atoms with Crippen LogP contribution in [0.25, 0.3) is 0 Å². The van der Waals surface area contributed by atoms with E-state index in [1.54, 1.807) is 0 Å². The summed E-state index contributed by atoms with van der Waals surface area (Å²) in [5.41, 5.74) is 5.88. The smallest absolute Gasteiger partial charge is 0.297 e. The highest BCUT2D eigenvalue weighted by Gasteiger charge is 2.33. The topological polar surface area (TPSA) is 0 Å². The molecule has 0 saturated heterocycles. The Labute approximate surface area is 190 Å². The van der Waals surface area contributed by atoms with E-state index in [9.17, 15) is 0 Å². The number of hydrogen-bond acceptors (Lipinski definition) is 0. The fourth-order valence-electron chi connectivity index (χ4n) is 3.96. The van der Waals surface area contributed by atoms with Gasteiger partial charge in [0.15, 0.2) is 0 Å². The van der Waals surface area contributed by atoms with Crippen molar-refractivity contribution < 1.29 is 8.22 Å². The van der Waals surface area contributed by atoms with E-state index in [2.05, 4.69) is 24.9 Å². The van der Waals surface area contributed by atoms with Gasteiger partial charge in [-0.15, -0.1) is 0 Å². The molecule has 2 atom stereocenters. The van der Waals surface area contributed by atoms with Crippen LogP contribution in [-0.4, -0.2) is 16.8 Å². The zero-order chi connectivity index (χ0) is 22.6. The average Bonchev–Trinajstić information content (AvgIpc) is 2.76. The van der Waals surface area contributed by atoms with Gasteiger partial charge in [-0.1, -0.05) is 142 Å². The highest BCUT2D eigenvalue weighted by molar-refractivity contribution is 6.86. The van der Waals surface area contributed by atoms with Crippen molar-refractivity contribution in [2.45, 2.75) is 155 Å². The highest BCUT2D eigenvalue weighted by Crippen LogP contribution is 2.24. The van der Waals surface area contributed by atoms with E-state index in [0.29, 0.717) is 24.2 Å². The standard InChI is InChI=1S/C26H52F2Si2/c1-5-9-11-13-15-17-19-21-23-29(27,7-3)25-26-30(28,8-4)24-22-20-18-16-14-12-10-6-2/h5-24H2,1-4H3. The van der Waals surface area contributed by atoms with Crippen LogP contribution in [0.3, 0.4) is 0 Å². The minimum Gasteiger partial charge on any atom is -0.297 e. The molecule has 178 valence electrons. The first-order chi connectivity index (χ1) is 14.4. The van der Waals surface area contributed by atoms with Gasteiger partial charge < -0.3 is 0 Å². The molecular formula is C26H52F2Si2. The molecule has 30 heavy (non-hydrogen) atoms. The van der Waals surface area contributed by atoms with Crippen molar-refractivity contribution >= 4 is 16.8 Å². The van der Waals surface area contributed by atoms with Gasteiger partial charge in [-0.3, -0.25) is 8.22 Å². The van der Waals surface area contributed by atoms with Crippen molar-refractivity contribution in [1.82, 2.24) is 0 Å². The molecule has 2 unspecified atom stereocenters. The zero-order valence-corrected chi connectivity index (χ0v) is 22.9. The summed E-state index contributed by atoms with van der Waals surface area (Å²) in [6, 6.07) is 2.25. The average molecular weight is 459 g/mol. The largest absolute Gasteiger partial charge is 0.322 e. The predicted octanol–water partition coefficient (Wildman–Crippen LogP) is 10.2. The first-order valence-corrected chi connectivity index (χ1v) is 18.0. The minimum atomic E-state index is -3.07. The Morgan fingerprint density at radius 3 is 0.967 bits per heavy atom. The van der Waals surface area contributed by atoms with Gasteiger partial charge in [0.2, 0.25) is 0 Å². The Hall–Kier alpha value is -0.146.